The summed E-state index contributed by atoms with van der Waals surface area (Å²) in [7, 11) is 0. The van der Waals surface area contributed by atoms with Crippen molar-refractivity contribution in [1.82, 2.24) is 15.1 Å². The van der Waals surface area contributed by atoms with Crippen LogP contribution in [0.5, 0.6) is 0 Å². The van der Waals surface area contributed by atoms with E-state index in [1.54, 1.807) is 0 Å². The first-order valence-corrected chi connectivity index (χ1v) is 7.59. The van der Waals surface area contributed by atoms with E-state index in [1.165, 1.54) is 0 Å². The van der Waals surface area contributed by atoms with Gasteiger partial charge >= 0.3 is 0 Å². The van der Waals surface area contributed by atoms with Crippen molar-refractivity contribution in [1.29, 1.82) is 0 Å². The summed E-state index contributed by atoms with van der Waals surface area (Å²) >= 11 is 0. The number of hydrogen-bond donors (Lipinski definition) is 2. The summed E-state index contributed by atoms with van der Waals surface area (Å²) in [6.07, 6.45) is 0. The second-order valence-electron chi connectivity index (χ2n) is 7.43. The first kappa shape index (κ1) is 17.4. The standard InChI is InChI=1S/C15H32N4O/c1-12(2)17-15(6,13(16)20)11-18-7-9-19(10-8-18)14(3,4)5/h12,17H,7-11H2,1-6H3,(H2,16,20). The van der Waals surface area contributed by atoms with Crippen molar-refractivity contribution in [3.63, 3.8) is 0 Å². The third kappa shape index (κ3) is 4.72. The van der Waals surface area contributed by atoms with Gasteiger partial charge in [0, 0.05) is 44.3 Å². The molecule has 0 saturated carbocycles. The molecule has 1 rings (SSSR count). The van der Waals surface area contributed by atoms with Gasteiger partial charge in [-0.2, -0.15) is 0 Å². The first-order valence-electron chi connectivity index (χ1n) is 7.59. The van der Waals surface area contributed by atoms with Crippen molar-refractivity contribution in [3.8, 4) is 0 Å². The number of nitrogens with two attached hydrogens (primary N) is 1. The molecule has 1 heterocycles. The van der Waals surface area contributed by atoms with Crippen LogP contribution in [0.25, 0.3) is 0 Å². The molecule has 1 fully saturated rings. The molecule has 0 radical (unpaired) electrons. The lowest BCUT2D eigenvalue weighted by atomic mass is 9.98. The van der Waals surface area contributed by atoms with Gasteiger partial charge in [-0.3, -0.25) is 14.6 Å². The van der Waals surface area contributed by atoms with Crippen LogP contribution in [0, 0.1) is 0 Å². The molecule has 20 heavy (non-hydrogen) atoms. The minimum atomic E-state index is -0.655. The number of carbonyl (C=O) groups excluding carboxylic acids is 1. The SMILES string of the molecule is CC(C)NC(C)(CN1CCN(C(C)(C)C)CC1)C(N)=O. The van der Waals surface area contributed by atoms with Crippen molar-refractivity contribution in [2.45, 2.75) is 58.7 Å². The highest BCUT2D eigenvalue weighted by Gasteiger charge is 2.35. The predicted octanol–water partition coefficient (Wildman–Crippen LogP) is 0.645. The van der Waals surface area contributed by atoms with Crippen LogP contribution in [0.2, 0.25) is 0 Å². The van der Waals surface area contributed by atoms with E-state index in [-0.39, 0.29) is 17.5 Å². The van der Waals surface area contributed by atoms with Crippen LogP contribution in [0.15, 0.2) is 0 Å². The molecule has 1 atom stereocenters. The summed E-state index contributed by atoms with van der Waals surface area (Å²) in [5, 5.41) is 3.31. The van der Waals surface area contributed by atoms with Gasteiger partial charge in [-0.25, -0.2) is 0 Å². The summed E-state index contributed by atoms with van der Waals surface area (Å²) in [4.78, 5) is 16.6. The van der Waals surface area contributed by atoms with E-state index >= 15 is 0 Å². The number of primary amides is 1. The van der Waals surface area contributed by atoms with Crippen molar-refractivity contribution in [3.05, 3.63) is 0 Å². The molecule has 1 unspecified atom stereocenters. The normalized spacial score (nSPS) is 21.9. The van der Waals surface area contributed by atoms with Crippen LogP contribution in [0.3, 0.4) is 0 Å². The van der Waals surface area contributed by atoms with Gasteiger partial charge in [-0.15, -0.1) is 0 Å². The second kappa shape index (κ2) is 6.41. The maximum Gasteiger partial charge on any atom is 0.238 e. The molecule has 0 aliphatic carbocycles. The average molecular weight is 284 g/mol. The summed E-state index contributed by atoms with van der Waals surface area (Å²) in [5.74, 6) is -0.274. The third-order valence-corrected chi connectivity index (χ3v) is 4.01. The van der Waals surface area contributed by atoms with Gasteiger partial charge in [0.1, 0.15) is 5.54 Å². The van der Waals surface area contributed by atoms with Crippen molar-refractivity contribution in [2.24, 2.45) is 5.73 Å². The molecule has 0 aromatic rings. The van der Waals surface area contributed by atoms with Gasteiger partial charge in [0.2, 0.25) is 5.91 Å². The lowest BCUT2D eigenvalue weighted by Gasteiger charge is -2.44. The lowest BCUT2D eigenvalue weighted by Crippen LogP contribution is -2.63. The Kier molecular flexibility index (Phi) is 5.58. The van der Waals surface area contributed by atoms with Crippen LogP contribution in [0.1, 0.15) is 41.5 Å². The van der Waals surface area contributed by atoms with Crippen LogP contribution < -0.4 is 11.1 Å². The Morgan fingerprint density at radius 2 is 1.65 bits per heavy atom. The Bertz CT molecular complexity index is 329. The van der Waals surface area contributed by atoms with Crippen LogP contribution >= 0.6 is 0 Å². The Morgan fingerprint density at radius 3 is 2.00 bits per heavy atom. The van der Waals surface area contributed by atoms with Gasteiger partial charge in [-0.1, -0.05) is 0 Å². The van der Waals surface area contributed by atoms with Gasteiger partial charge < -0.3 is 11.1 Å². The highest BCUT2D eigenvalue weighted by Crippen LogP contribution is 2.17. The molecule has 5 nitrogen and oxygen atoms in total. The predicted molar refractivity (Wildman–Crippen MR) is 83.6 cm³/mol. The third-order valence-electron chi connectivity index (χ3n) is 4.01. The minimum Gasteiger partial charge on any atom is -0.368 e. The molecule has 1 saturated heterocycles. The van der Waals surface area contributed by atoms with Gasteiger partial charge in [-0.05, 0) is 41.5 Å². The van der Waals surface area contributed by atoms with Crippen LogP contribution in [0.4, 0.5) is 0 Å². The topological polar surface area (TPSA) is 61.6 Å². The number of rotatable bonds is 5. The van der Waals surface area contributed by atoms with E-state index in [9.17, 15) is 4.79 Å². The molecule has 1 amide bonds. The minimum absolute atomic E-state index is 0.218. The first-order chi connectivity index (χ1) is 9.04. The van der Waals surface area contributed by atoms with E-state index in [0.717, 1.165) is 26.2 Å². The number of nitrogens with one attached hydrogen (secondary N) is 1. The van der Waals surface area contributed by atoms with Crippen molar-refractivity contribution in [2.75, 3.05) is 32.7 Å². The Labute approximate surface area is 123 Å². The maximum absolute atomic E-state index is 11.8. The molecule has 0 aromatic heterocycles. The number of piperazine rings is 1. The molecule has 1 aliphatic rings. The molecule has 1 aliphatic heterocycles. The molecule has 0 spiro atoms. The lowest BCUT2D eigenvalue weighted by molar-refractivity contribution is -0.125. The fourth-order valence-electron chi connectivity index (χ4n) is 2.86. The Balaban J connectivity index is 2.59. The van der Waals surface area contributed by atoms with E-state index in [2.05, 4.69) is 35.9 Å². The van der Waals surface area contributed by atoms with Crippen LogP contribution in [-0.4, -0.2) is 65.6 Å². The van der Waals surface area contributed by atoms with Gasteiger partial charge in [0.05, 0.1) is 0 Å². The molecular weight excluding hydrogens is 252 g/mol. The smallest absolute Gasteiger partial charge is 0.238 e. The molecule has 0 aromatic carbocycles. The van der Waals surface area contributed by atoms with Crippen molar-refractivity contribution >= 4 is 5.91 Å². The average Bonchev–Trinajstić information content (AvgIpc) is 2.26. The van der Waals surface area contributed by atoms with Gasteiger partial charge in [0.15, 0.2) is 0 Å². The zero-order chi connectivity index (χ0) is 15.6. The second-order valence-corrected chi connectivity index (χ2v) is 7.43. The Hall–Kier alpha value is -0.650. The van der Waals surface area contributed by atoms with E-state index < -0.39 is 5.54 Å². The Morgan fingerprint density at radius 1 is 1.15 bits per heavy atom. The van der Waals surface area contributed by atoms with Crippen LogP contribution in [-0.2, 0) is 4.79 Å². The molecule has 118 valence electrons. The molecular formula is C15H32N4O. The number of carbonyl (C=O) groups is 1. The van der Waals surface area contributed by atoms with E-state index in [4.69, 9.17) is 5.73 Å². The zero-order valence-electron chi connectivity index (χ0n) is 14.0. The van der Waals surface area contributed by atoms with Crippen molar-refractivity contribution < 1.29 is 4.79 Å². The fraction of sp³-hybridized carbons (Fsp3) is 0.933. The summed E-state index contributed by atoms with van der Waals surface area (Å²) in [5.41, 5.74) is 5.16. The highest BCUT2D eigenvalue weighted by molar-refractivity contribution is 5.84. The largest absolute Gasteiger partial charge is 0.368 e. The molecule has 3 N–H and O–H groups in total. The van der Waals surface area contributed by atoms with E-state index in [0.29, 0.717) is 6.54 Å². The quantitative estimate of drug-likeness (QED) is 0.778. The summed E-state index contributed by atoms with van der Waals surface area (Å²) in [6, 6.07) is 0.239. The zero-order valence-corrected chi connectivity index (χ0v) is 14.0. The monoisotopic (exact) mass is 284 g/mol. The fourth-order valence-corrected chi connectivity index (χ4v) is 2.86. The summed E-state index contributed by atoms with van der Waals surface area (Å²) < 4.78 is 0. The van der Waals surface area contributed by atoms with Gasteiger partial charge in [0.25, 0.3) is 0 Å². The molecule has 0 bridgehead atoms. The maximum atomic E-state index is 11.8. The molecule has 5 heteroatoms. The summed E-state index contributed by atoms with van der Waals surface area (Å²) in [6.45, 7) is 17.5. The number of nitrogens with zero attached hydrogens (tertiary/aromatic N) is 2. The highest BCUT2D eigenvalue weighted by atomic mass is 16.1. The number of amides is 1. The van der Waals surface area contributed by atoms with E-state index in [1.807, 2.05) is 20.8 Å². The number of hydrogen-bond acceptors (Lipinski definition) is 4.